The fourth-order valence-corrected chi connectivity index (χ4v) is 7.02. The highest BCUT2D eigenvalue weighted by molar-refractivity contribution is 5.76. The molecule has 1 atom stereocenters. The number of aryl methyl sites for hydroxylation is 1. The molecule has 1 N–H and O–H groups in total. The Morgan fingerprint density at radius 2 is 1.82 bits per heavy atom. The number of hydrogen-bond donors (Lipinski definition) is 1. The van der Waals surface area contributed by atoms with Crippen molar-refractivity contribution in [3.63, 3.8) is 0 Å². The lowest BCUT2D eigenvalue weighted by Gasteiger charge is -2.46. The van der Waals surface area contributed by atoms with E-state index in [1.54, 1.807) is 0 Å². The van der Waals surface area contributed by atoms with E-state index in [0.29, 0.717) is 12.1 Å². The Kier molecular flexibility index (Phi) is 8.89. The quantitative estimate of drug-likeness (QED) is 0.380. The van der Waals surface area contributed by atoms with E-state index in [-0.39, 0.29) is 5.54 Å². The average Bonchev–Trinajstić information content (AvgIpc) is 3.17. The van der Waals surface area contributed by atoms with Gasteiger partial charge in [-0.25, -0.2) is 9.97 Å². The van der Waals surface area contributed by atoms with Crippen LogP contribution in [-0.2, 0) is 12.1 Å². The van der Waals surface area contributed by atoms with Crippen molar-refractivity contribution in [1.82, 2.24) is 29.2 Å². The minimum Gasteiger partial charge on any atom is -0.381 e. The van der Waals surface area contributed by atoms with Crippen LogP contribution in [0.3, 0.4) is 0 Å². The highest BCUT2D eigenvalue weighted by Crippen LogP contribution is 2.41. The van der Waals surface area contributed by atoms with E-state index >= 15 is 0 Å². The molecule has 0 spiro atoms. The van der Waals surface area contributed by atoms with Crippen molar-refractivity contribution in [3.8, 4) is 0 Å². The van der Waals surface area contributed by atoms with Gasteiger partial charge in [0.2, 0.25) is 0 Å². The molecular formula is C32H49N7. The topological polar surface area (TPSA) is 52.5 Å². The van der Waals surface area contributed by atoms with Crippen LogP contribution in [-0.4, -0.2) is 82.6 Å². The summed E-state index contributed by atoms with van der Waals surface area (Å²) in [4.78, 5) is 17.8. The zero-order valence-electron chi connectivity index (χ0n) is 24.9. The van der Waals surface area contributed by atoms with Crippen molar-refractivity contribution in [2.24, 2.45) is 0 Å². The van der Waals surface area contributed by atoms with Gasteiger partial charge in [-0.15, -0.1) is 0 Å². The third-order valence-corrected chi connectivity index (χ3v) is 9.34. The van der Waals surface area contributed by atoms with E-state index in [2.05, 4.69) is 96.0 Å². The highest BCUT2D eigenvalue weighted by Gasteiger charge is 2.38. The highest BCUT2D eigenvalue weighted by atomic mass is 15.3. The molecule has 1 unspecified atom stereocenters. The fourth-order valence-electron chi connectivity index (χ4n) is 7.02. The van der Waals surface area contributed by atoms with Crippen molar-refractivity contribution >= 4 is 16.9 Å². The predicted octanol–water partition coefficient (Wildman–Crippen LogP) is 5.74. The Morgan fingerprint density at radius 1 is 1.05 bits per heavy atom. The Morgan fingerprint density at radius 3 is 2.51 bits per heavy atom. The van der Waals surface area contributed by atoms with Crippen LogP contribution in [0.2, 0.25) is 0 Å². The van der Waals surface area contributed by atoms with Crippen molar-refractivity contribution < 1.29 is 0 Å². The molecule has 0 bridgehead atoms. The third-order valence-electron chi connectivity index (χ3n) is 9.34. The zero-order valence-corrected chi connectivity index (χ0v) is 24.9. The van der Waals surface area contributed by atoms with E-state index in [0.717, 1.165) is 81.6 Å². The lowest BCUT2D eigenvalue weighted by Crippen LogP contribution is -2.46. The van der Waals surface area contributed by atoms with E-state index in [4.69, 9.17) is 9.97 Å². The predicted molar refractivity (Wildman–Crippen MR) is 162 cm³/mol. The first kappa shape index (κ1) is 28.1. The van der Waals surface area contributed by atoms with Gasteiger partial charge in [0.1, 0.15) is 11.3 Å². The van der Waals surface area contributed by atoms with Crippen molar-refractivity contribution in [3.05, 3.63) is 54.0 Å². The summed E-state index contributed by atoms with van der Waals surface area (Å²) in [6.45, 7) is 9.97. The van der Waals surface area contributed by atoms with Gasteiger partial charge in [-0.2, -0.15) is 0 Å². The second kappa shape index (κ2) is 12.4. The molecule has 0 amide bonds. The standard InChI is InChI=1S/C32H49N7/c1-6-12-29(38-20-11-19-37(5)21-22-38)31-35-28-23-27(24-33-30(28)39(31)7-2)34-26-15-17-32(18-16-26,36(3)4)25-13-9-8-10-14-25/h8-10,13-14,23-24,26,29,34H,6-7,11-12,15-22H2,1-5H3/t26-,29?,32+. The fraction of sp³-hybridized carbons (Fsp3) is 0.625. The molecule has 1 aromatic carbocycles. The summed E-state index contributed by atoms with van der Waals surface area (Å²) < 4.78 is 2.36. The Bertz CT molecular complexity index is 1200. The van der Waals surface area contributed by atoms with Crippen LogP contribution in [0.4, 0.5) is 5.69 Å². The molecule has 5 rings (SSSR count). The molecule has 212 valence electrons. The van der Waals surface area contributed by atoms with Crippen molar-refractivity contribution in [1.29, 1.82) is 0 Å². The monoisotopic (exact) mass is 531 g/mol. The van der Waals surface area contributed by atoms with Crippen molar-refractivity contribution in [2.75, 3.05) is 52.6 Å². The zero-order chi connectivity index (χ0) is 27.4. The number of rotatable bonds is 9. The minimum atomic E-state index is 0.118. The number of fused-ring (bicyclic) bond motifs is 1. The second-order valence-electron chi connectivity index (χ2n) is 12.0. The molecule has 1 saturated carbocycles. The molecule has 1 aliphatic heterocycles. The van der Waals surface area contributed by atoms with E-state index in [9.17, 15) is 0 Å². The Balaban J connectivity index is 1.34. The number of anilines is 1. The smallest absolute Gasteiger partial charge is 0.160 e. The van der Waals surface area contributed by atoms with Crippen molar-refractivity contribution in [2.45, 2.75) is 83.0 Å². The average molecular weight is 532 g/mol. The summed E-state index contributed by atoms with van der Waals surface area (Å²) in [6, 6.07) is 14.1. The Hall–Kier alpha value is -2.48. The number of nitrogens with zero attached hydrogens (tertiary/aromatic N) is 6. The molecule has 2 aromatic heterocycles. The molecule has 1 aliphatic carbocycles. The maximum absolute atomic E-state index is 5.27. The largest absolute Gasteiger partial charge is 0.381 e. The summed E-state index contributed by atoms with van der Waals surface area (Å²) in [7, 11) is 6.71. The van der Waals surface area contributed by atoms with Gasteiger partial charge >= 0.3 is 0 Å². The lowest BCUT2D eigenvalue weighted by molar-refractivity contribution is 0.0945. The summed E-state index contributed by atoms with van der Waals surface area (Å²) >= 11 is 0. The number of nitrogens with one attached hydrogen (secondary N) is 1. The van der Waals surface area contributed by atoms with Gasteiger partial charge in [-0.05, 0) is 84.8 Å². The van der Waals surface area contributed by atoms with Gasteiger partial charge < -0.3 is 14.8 Å². The number of imidazole rings is 1. The Labute approximate surface area is 235 Å². The molecule has 39 heavy (non-hydrogen) atoms. The molecule has 2 aliphatic rings. The molecule has 3 aromatic rings. The van der Waals surface area contributed by atoms with Gasteiger partial charge in [0.05, 0.1) is 17.9 Å². The van der Waals surface area contributed by atoms with Crippen LogP contribution in [0, 0.1) is 0 Å². The number of pyridine rings is 1. The minimum absolute atomic E-state index is 0.118. The maximum atomic E-state index is 5.27. The van der Waals surface area contributed by atoms with Gasteiger partial charge in [-0.1, -0.05) is 43.7 Å². The van der Waals surface area contributed by atoms with Crippen LogP contribution >= 0.6 is 0 Å². The van der Waals surface area contributed by atoms with Gasteiger partial charge in [0.15, 0.2) is 5.65 Å². The third kappa shape index (κ3) is 5.86. The summed E-state index contributed by atoms with van der Waals surface area (Å²) in [5, 5.41) is 3.83. The number of likely N-dealkylation sites (N-methyl/N-ethyl adjacent to an activating group) is 1. The molecule has 2 fully saturated rings. The van der Waals surface area contributed by atoms with Crippen LogP contribution in [0.15, 0.2) is 42.6 Å². The molecular weight excluding hydrogens is 482 g/mol. The van der Waals surface area contributed by atoms with Gasteiger partial charge in [-0.3, -0.25) is 9.80 Å². The normalized spacial score (nSPS) is 24.2. The number of aromatic nitrogens is 3. The SMILES string of the molecule is CCCC(c1nc2cc(N[C@H]3CC[C@@](c4ccccc4)(N(C)C)CC3)cnc2n1CC)N1CCCN(C)CC1. The molecule has 1 saturated heterocycles. The summed E-state index contributed by atoms with van der Waals surface area (Å²) in [5.74, 6) is 1.19. The van der Waals surface area contributed by atoms with Crippen LogP contribution in [0.5, 0.6) is 0 Å². The van der Waals surface area contributed by atoms with Crippen LogP contribution in [0.1, 0.15) is 76.2 Å². The van der Waals surface area contributed by atoms with Crippen LogP contribution in [0.25, 0.3) is 11.2 Å². The summed E-state index contributed by atoms with van der Waals surface area (Å²) in [6.07, 6.45) is 10.1. The first-order chi connectivity index (χ1) is 18.9. The maximum Gasteiger partial charge on any atom is 0.160 e. The van der Waals surface area contributed by atoms with Gasteiger partial charge in [0.25, 0.3) is 0 Å². The molecule has 0 radical (unpaired) electrons. The molecule has 7 heteroatoms. The second-order valence-corrected chi connectivity index (χ2v) is 12.0. The van der Waals surface area contributed by atoms with Crippen LogP contribution < -0.4 is 5.32 Å². The van der Waals surface area contributed by atoms with Gasteiger partial charge in [0, 0.05) is 37.8 Å². The molecule has 3 heterocycles. The van der Waals surface area contributed by atoms with E-state index < -0.39 is 0 Å². The number of hydrogen-bond acceptors (Lipinski definition) is 6. The first-order valence-corrected chi connectivity index (χ1v) is 15.2. The summed E-state index contributed by atoms with van der Waals surface area (Å²) in [5.41, 5.74) is 4.69. The lowest BCUT2D eigenvalue weighted by atomic mass is 9.74. The van der Waals surface area contributed by atoms with E-state index in [1.807, 2.05) is 6.20 Å². The van der Waals surface area contributed by atoms with E-state index in [1.165, 1.54) is 24.4 Å². The number of benzene rings is 1. The first-order valence-electron chi connectivity index (χ1n) is 15.2. The molecule has 7 nitrogen and oxygen atoms in total.